The molecule has 6 aliphatic heterocycles. The molecule has 525 valence electrons. The Hall–Kier alpha value is -9.38. The molecule has 6 aromatic heterocycles. The SMILES string of the molecule is C.C.CC.COc1cc2c(cc1-c1c(C)noc1C)[nH]c1nc(C)nc(-c3ccc(C(=O)NC4CCN(C5COC5)CC4)c4c3OCCO4)c12.COc1cc2c(cc1-c1c(C)noc1C)[nH]c1nc(C)nc(-c3ccc(OC=O)c4c3OCCO4)c12.NC1CCN(C2COC2)CC1.[3H][B]O. The first-order chi connectivity index (χ1) is 47.7. The highest BCUT2D eigenvalue weighted by molar-refractivity contribution is 6.16. The fourth-order valence-corrected chi connectivity index (χ4v) is 13.5. The predicted octanol–water partition coefficient (Wildman–Crippen LogP) is 10.3. The third kappa shape index (κ3) is 14.3. The molecule has 1 radical (unpaired) electrons. The maximum absolute atomic E-state index is 13.6. The smallest absolute Gasteiger partial charge is 0.298 e. The van der Waals surface area contributed by atoms with Crippen LogP contribution in [0.15, 0.2) is 57.6 Å². The summed E-state index contributed by atoms with van der Waals surface area (Å²) >= 11 is 0. The lowest BCUT2D eigenvalue weighted by Crippen LogP contribution is -2.54. The average Bonchev–Trinajstić information content (AvgIpc) is 1.54. The quantitative estimate of drug-likeness (QED) is 0.0561. The number of hydrogen-bond donors (Lipinski definition) is 5. The molecule has 16 rings (SSSR count). The summed E-state index contributed by atoms with van der Waals surface area (Å²) in [6, 6.07) is 17.0. The number of carbonyl (C=O) groups is 2. The number of fused-ring (bicyclic) bond motifs is 8. The van der Waals surface area contributed by atoms with Crippen molar-refractivity contribution in [3.63, 3.8) is 0 Å². The molecule has 4 aromatic carbocycles. The molecule has 0 saturated carbocycles. The molecular weight excluding hydrogens is 1270 g/mol. The third-order valence-corrected chi connectivity index (χ3v) is 18.4. The van der Waals surface area contributed by atoms with Gasteiger partial charge in [-0.15, -0.1) is 0 Å². The highest BCUT2D eigenvalue weighted by atomic mass is 16.6. The Bertz CT molecular complexity index is 4490. The van der Waals surface area contributed by atoms with Crippen molar-refractivity contribution >= 4 is 64.3 Å². The van der Waals surface area contributed by atoms with E-state index >= 15 is 0 Å². The Morgan fingerprint density at radius 1 is 0.626 bits per heavy atom. The van der Waals surface area contributed by atoms with Crippen molar-refractivity contribution in [1.82, 2.24) is 55.3 Å². The van der Waals surface area contributed by atoms with Crippen molar-refractivity contribution in [3.05, 3.63) is 88.7 Å². The van der Waals surface area contributed by atoms with Crippen LogP contribution in [-0.4, -0.2) is 194 Å². The van der Waals surface area contributed by atoms with Crippen LogP contribution in [0.3, 0.4) is 0 Å². The van der Waals surface area contributed by atoms with Gasteiger partial charge in [0.2, 0.25) is 5.75 Å². The molecule has 10 aromatic rings. The van der Waals surface area contributed by atoms with Gasteiger partial charge in [0.15, 0.2) is 23.0 Å². The number of piperidine rings is 2. The van der Waals surface area contributed by atoms with Crippen LogP contribution >= 0.6 is 0 Å². The number of nitrogens with zero attached hydrogens (tertiary/aromatic N) is 8. The van der Waals surface area contributed by atoms with Crippen molar-refractivity contribution < 1.29 is 66.3 Å². The Balaban J connectivity index is 0.000000177. The predicted molar refractivity (Wildman–Crippen MR) is 379 cm³/mol. The van der Waals surface area contributed by atoms with Gasteiger partial charge < -0.3 is 77.7 Å². The van der Waals surface area contributed by atoms with Gasteiger partial charge in [0.25, 0.3) is 20.4 Å². The number of ether oxygens (including phenoxy) is 9. The van der Waals surface area contributed by atoms with Crippen LogP contribution in [0.5, 0.6) is 40.2 Å². The summed E-state index contributed by atoms with van der Waals surface area (Å²) in [6.07, 6.45) is 4.13. The molecule has 6 aliphatic rings. The monoisotopic (exact) mass is 1360 g/mol. The zero-order valence-electron chi connectivity index (χ0n) is 57.3. The van der Waals surface area contributed by atoms with E-state index in [9.17, 15) is 9.59 Å². The van der Waals surface area contributed by atoms with Crippen molar-refractivity contribution in [3.8, 4) is 85.0 Å². The molecule has 4 fully saturated rings. The lowest BCUT2D eigenvalue weighted by Gasteiger charge is -2.41. The molecule has 0 aliphatic carbocycles. The summed E-state index contributed by atoms with van der Waals surface area (Å²) in [5, 5.41) is 22.0. The summed E-state index contributed by atoms with van der Waals surface area (Å²) in [6.45, 7) is 24.8. The standard InChI is InChI=1S/C34H36N6O6.C26H22N4O6.C8H16N2O.C2H6.2CH4.BH2O/c1-17-28(18(2)46-39-17)25-13-26-24(14-27(25)42-4)29-30(35-19(3)36-33(29)38-26)22-5-6-23(32-31(22)44-11-12-45-32)34(41)37-20-7-9-40(10-8-20)21-15-43-16-21;1-12-21(13(2)36-30-12)17-9-18-16(10-20(17)32-4)22-23(27-14(3)28-26(22)29-18)15-5-6-19(35-11-31)25-24(15)33-7-8-34-25;9-7-1-3-10(4-2-7)8-5-11-6-8;1-2;;;1-2/h5-6,13-14,20-21H,7-12,15-16H2,1-4H3,(H,37,41)(H,35,36,38);5-6,9-11H,7-8H2,1-4H3,(H,27,28,29);7-8H,1-6,9H2;1-2H3;2*1H4;1-2H/i;;;;;;1T. The summed E-state index contributed by atoms with van der Waals surface area (Å²) in [5.74, 6) is 5.85. The molecule has 1 amide bonds. The number of aromatic amines is 2. The number of hydrogen-bond acceptors (Lipinski definition) is 23. The number of methoxy groups -OCH3 is 2. The molecule has 4 saturated heterocycles. The normalized spacial score (nSPS) is 16.3. The topological polar surface area (TPSA) is 317 Å². The van der Waals surface area contributed by atoms with Gasteiger partial charge in [0, 0.05) is 83.7 Å². The van der Waals surface area contributed by atoms with Crippen LogP contribution in [-0.2, 0) is 14.3 Å². The van der Waals surface area contributed by atoms with E-state index in [2.05, 4.69) is 40.4 Å². The van der Waals surface area contributed by atoms with Crippen molar-refractivity contribution in [2.75, 3.05) is 93.3 Å². The van der Waals surface area contributed by atoms with E-state index in [1.54, 1.807) is 20.3 Å². The molecule has 99 heavy (non-hydrogen) atoms. The maximum atomic E-state index is 13.6. The van der Waals surface area contributed by atoms with Gasteiger partial charge in [-0.3, -0.25) is 19.4 Å². The van der Waals surface area contributed by atoms with E-state index in [1.165, 1.54) is 13.1 Å². The Kier molecular flexibility index (Phi) is 22.7. The van der Waals surface area contributed by atoms with Crippen LogP contribution < -0.4 is 44.2 Å². The number of aromatic nitrogens is 8. The largest absolute Gasteiger partial charge is 0.496 e. The second-order valence-corrected chi connectivity index (χ2v) is 24.3. The minimum absolute atomic E-state index is 0. The summed E-state index contributed by atoms with van der Waals surface area (Å²) < 4.78 is 67.9. The molecule has 12 heterocycles. The van der Waals surface area contributed by atoms with E-state index in [1.807, 2.05) is 97.9 Å². The van der Waals surface area contributed by atoms with Gasteiger partial charge in [0.05, 0.1) is 103 Å². The van der Waals surface area contributed by atoms with Gasteiger partial charge in [-0.25, -0.2) is 19.9 Å². The Morgan fingerprint density at radius 2 is 1.06 bits per heavy atom. The first-order valence-electron chi connectivity index (χ1n) is 33.4. The second kappa shape index (κ2) is 31.7. The minimum Gasteiger partial charge on any atom is -0.496 e. The van der Waals surface area contributed by atoms with Gasteiger partial charge in [-0.1, -0.05) is 39.0 Å². The summed E-state index contributed by atoms with van der Waals surface area (Å²) in [5.41, 5.74) is 17.2. The molecule has 26 nitrogen and oxygen atoms in total. The Labute approximate surface area is 577 Å². The fourth-order valence-electron chi connectivity index (χ4n) is 13.5. The van der Waals surface area contributed by atoms with Crippen LogP contribution in [0, 0.1) is 41.5 Å². The number of benzene rings is 4. The van der Waals surface area contributed by atoms with E-state index in [0.29, 0.717) is 143 Å². The van der Waals surface area contributed by atoms with Crippen LogP contribution in [0.25, 0.3) is 88.6 Å². The molecule has 6 N–H and O–H groups in total. The number of aryl methyl sites for hydroxylation is 6. The lowest BCUT2D eigenvalue weighted by molar-refractivity contribution is -0.120. The number of amides is 1. The van der Waals surface area contributed by atoms with Gasteiger partial charge in [0.1, 0.15) is 72.4 Å². The minimum atomic E-state index is -0.161. The van der Waals surface area contributed by atoms with Crippen molar-refractivity contribution in [2.24, 2.45) is 5.73 Å². The summed E-state index contributed by atoms with van der Waals surface area (Å²) in [7, 11) is 3.53. The zero-order chi connectivity index (χ0) is 68.9. The van der Waals surface area contributed by atoms with E-state index in [-0.39, 0.29) is 40.6 Å². The fraction of sp³-hybridized carbons (Fsp3) is 0.444. The van der Waals surface area contributed by atoms with Crippen LogP contribution in [0.1, 0.15) is 99.3 Å². The molecule has 0 atom stereocenters. The van der Waals surface area contributed by atoms with E-state index < -0.39 is 0 Å². The number of nitrogens with one attached hydrogen (secondary N) is 3. The molecule has 27 heteroatoms. The van der Waals surface area contributed by atoms with Crippen LogP contribution in [0.2, 0.25) is 0 Å². The number of nitrogens with two attached hydrogens (primary N) is 1. The lowest BCUT2D eigenvalue weighted by atomic mass is 9.98. The van der Waals surface area contributed by atoms with Gasteiger partial charge >= 0.3 is 0 Å². The first kappa shape index (κ1) is 70.9. The maximum Gasteiger partial charge on any atom is 0.298 e. The first-order valence-corrected chi connectivity index (χ1v) is 32.8. The average molecular weight is 1360 g/mol. The molecule has 0 spiro atoms. The number of carbonyl (C=O) groups excluding carboxylic acids is 2. The van der Waals surface area contributed by atoms with Gasteiger partial charge in [-0.2, -0.15) is 0 Å². The Morgan fingerprint density at radius 3 is 1.48 bits per heavy atom. The third-order valence-electron chi connectivity index (χ3n) is 18.4. The van der Waals surface area contributed by atoms with Crippen molar-refractivity contribution in [1.29, 1.82) is 1.34 Å². The number of H-pyrrole nitrogens is 2. The second-order valence-electron chi connectivity index (χ2n) is 24.3. The highest BCUT2D eigenvalue weighted by Gasteiger charge is 2.34. The molecular formula is C72H90BN12O14. The van der Waals surface area contributed by atoms with Gasteiger partial charge in [-0.05, 0) is 116 Å². The van der Waals surface area contributed by atoms with Crippen LogP contribution in [0.4, 0.5) is 0 Å². The zero-order valence-corrected chi connectivity index (χ0v) is 56.3. The summed E-state index contributed by atoms with van der Waals surface area (Å²) in [4.78, 5) is 55.6. The molecule has 0 bridgehead atoms. The number of likely N-dealkylation sites (tertiary alicyclic amines) is 2. The van der Waals surface area contributed by atoms with E-state index in [0.717, 1.165) is 137 Å². The highest BCUT2D eigenvalue weighted by Crippen LogP contribution is 2.50. The van der Waals surface area contributed by atoms with Crippen molar-refractivity contribution in [2.45, 2.75) is 120 Å². The molecule has 0 unspecified atom stereocenters. The van der Waals surface area contributed by atoms with E-state index in [4.69, 9.17) is 78.7 Å². The number of rotatable bonds is 12.